The normalized spacial score (nSPS) is 57.3. The van der Waals surface area contributed by atoms with E-state index in [1.807, 2.05) is 6.92 Å². The van der Waals surface area contributed by atoms with Gasteiger partial charge in [0.05, 0.1) is 17.6 Å². The highest BCUT2D eigenvalue weighted by molar-refractivity contribution is 5.76. The molecule has 0 amide bonds. The van der Waals surface area contributed by atoms with Crippen LogP contribution in [0.5, 0.6) is 0 Å². The molecule has 0 spiro atoms. The van der Waals surface area contributed by atoms with Crippen LogP contribution in [0.15, 0.2) is 11.6 Å². The van der Waals surface area contributed by atoms with Gasteiger partial charge in [-0.05, 0) is 98.7 Å². The highest BCUT2D eigenvalue weighted by Gasteiger charge is 2.69. The van der Waals surface area contributed by atoms with Gasteiger partial charge < -0.3 is 15.3 Å². The summed E-state index contributed by atoms with van der Waals surface area (Å²) >= 11 is 0. The molecule has 32 heavy (non-hydrogen) atoms. The van der Waals surface area contributed by atoms with E-state index in [9.17, 15) is 20.1 Å². The zero-order chi connectivity index (χ0) is 23.3. The van der Waals surface area contributed by atoms with E-state index in [4.69, 9.17) is 0 Å². The lowest BCUT2D eigenvalue weighted by atomic mass is 9.34. The number of carboxylic acid groups (broad SMARTS) is 1. The zero-order valence-corrected chi connectivity index (χ0v) is 20.8. The van der Waals surface area contributed by atoms with E-state index in [1.54, 1.807) is 5.57 Å². The van der Waals surface area contributed by atoms with Crippen molar-refractivity contribution >= 4 is 5.97 Å². The highest BCUT2D eigenvalue weighted by Crippen LogP contribution is 2.75. The standard InChI is InChI=1S/C28H44O4/c1-24-15-16-26(3)18(17(24)7-6-8-21(24)29)9-10-19-25(2)13-12-22(30)28(5,23(31)32)20(25)11-14-27(19,26)4/h9,17,19-22,29-30H,6-8,10-16H2,1-5H3,(H,31,32). The number of hydrogen-bond donors (Lipinski definition) is 3. The maximum Gasteiger partial charge on any atom is 0.312 e. The van der Waals surface area contributed by atoms with Gasteiger partial charge in [-0.3, -0.25) is 4.79 Å². The maximum atomic E-state index is 12.4. The first kappa shape index (κ1) is 22.9. The van der Waals surface area contributed by atoms with Crippen LogP contribution >= 0.6 is 0 Å². The number of hydrogen-bond acceptors (Lipinski definition) is 3. The first-order valence-electron chi connectivity index (χ1n) is 13.2. The van der Waals surface area contributed by atoms with E-state index >= 15 is 0 Å². The van der Waals surface area contributed by atoms with Gasteiger partial charge in [0.1, 0.15) is 0 Å². The Kier molecular flexibility index (Phi) is 4.90. The fourth-order valence-electron chi connectivity index (χ4n) is 10.2. The van der Waals surface area contributed by atoms with Crippen LogP contribution in [-0.2, 0) is 4.79 Å². The summed E-state index contributed by atoms with van der Waals surface area (Å²) in [6.45, 7) is 11.5. The molecule has 0 heterocycles. The molecule has 10 atom stereocenters. The molecular formula is C28H44O4. The Morgan fingerprint density at radius 1 is 0.844 bits per heavy atom. The summed E-state index contributed by atoms with van der Waals surface area (Å²) in [6.07, 6.45) is 11.5. The molecule has 180 valence electrons. The lowest BCUT2D eigenvalue weighted by Crippen LogP contribution is -2.66. The third-order valence-corrected chi connectivity index (χ3v) is 12.7. The molecule has 0 radical (unpaired) electrons. The van der Waals surface area contributed by atoms with Crippen LogP contribution in [0.4, 0.5) is 0 Å². The Hall–Kier alpha value is -0.870. The van der Waals surface area contributed by atoms with E-state index < -0.39 is 17.5 Å². The van der Waals surface area contributed by atoms with E-state index in [0.29, 0.717) is 18.3 Å². The average Bonchev–Trinajstić information content (AvgIpc) is 2.73. The van der Waals surface area contributed by atoms with Crippen molar-refractivity contribution in [2.45, 2.75) is 111 Å². The Morgan fingerprint density at radius 3 is 2.25 bits per heavy atom. The second-order valence-electron chi connectivity index (χ2n) is 13.4. The smallest absolute Gasteiger partial charge is 0.312 e. The van der Waals surface area contributed by atoms with Crippen molar-refractivity contribution in [2.24, 2.45) is 44.8 Å². The fraction of sp³-hybridized carbons (Fsp3) is 0.893. The fourth-order valence-corrected chi connectivity index (χ4v) is 10.2. The molecule has 0 aromatic carbocycles. The van der Waals surface area contributed by atoms with Crippen LogP contribution in [0, 0.1) is 44.8 Å². The lowest BCUT2D eigenvalue weighted by molar-refractivity contribution is -0.217. The molecule has 0 aromatic rings. The third-order valence-electron chi connectivity index (χ3n) is 12.7. The van der Waals surface area contributed by atoms with Crippen molar-refractivity contribution in [1.82, 2.24) is 0 Å². The molecule has 10 unspecified atom stereocenters. The summed E-state index contributed by atoms with van der Waals surface area (Å²) < 4.78 is 0. The topological polar surface area (TPSA) is 77.8 Å². The molecule has 3 N–H and O–H groups in total. The molecule has 0 aromatic heterocycles. The first-order valence-corrected chi connectivity index (χ1v) is 13.2. The molecule has 5 rings (SSSR count). The van der Waals surface area contributed by atoms with Gasteiger partial charge in [0, 0.05) is 5.41 Å². The molecule has 0 saturated heterocycles. The molecule has 4 fully saturated rings. The number of aliphatic carboxylic acids is 1. The van der Waals surface area contributed by atoms with Gasteiger partial charge in [0.2, 0.25) is 0 Å². The Balaban J connectivity index is 1.58. The van der Waals surface area contributed by atoms with Crippen LogP contribution in [0.3, 0.4) is 0 Å². The molecular weight excluding hydrogens is 400 g/mol. The highest BCUT2D eigenvalue weighted by atomic mass is 16.4. The van der Waals surface area contributed by atoms with E-state index in [0.717, 1.165) is 51.4 Å². The summed E-state index contributed by atoms with van der Waals surface area (Å²) in [4.78, 5) is 12.4. The van der Waals surface area contributed by atoms with Gasteiger partial charge in [-0.15, -0.1) is 0 Å². The average molecular weight is 445 g/mol. The largest absolute Gasteiger partial charge is 0.481 e. The quantitative estimate of drug-likeness (QED) is 0.462. The van der Waals surface area contributed by atoms with Gasteiger partial charge >= 0.3 is 5.97 Å². The Bertz CT molecular complexity index is 850. The number of aliphatic hydroxyl groups excluding tert-OH is 2. The van der Waals surface area contributed by atoms with Crippen LogP contribution in [0.2, 0.25) is 0 Å². The number of carboxylic acids is 1. The van der Waals surface area contributed by atoms with Gasteiger partial charge in [-0.25, -0.2) is 0 Å². The summed E-state index contributed by atoms with van der Waals surface area (Å²) in [5.74, 6) is 0.1000. The molecule has 5 aliphatic carbocycles. The molecule has 0 bridgehead atoms. The van der Waals surface area contributed by atoms with Crippen molar-refractivity contribution in [2.75, 3.05) is 0 Å². The number of allylic oxidation sites excluding steroid dienone is 2. The summed E-state index contributed by atoms with van der Waals surface area (Å²) in [7, 11) is 0. The maximum absolute atomic E-state index is 12.4. The molecule has 4 saturated carbocycles. The van der Waals surface area contributed by atoms with Gasteiger partial charge in [0.25, 0.3) is 0 Å². The second kappa shape index (κ2) is 6.84. The van der Waals surface area contributed by atoms with Crippen molar-refractivity contribution in [3.8, 4) is 0 Å². The summed E-state index contributed by atoms with van der Waals surface area (Å²) in [5, 5.41) is 32.0. The first-order chi connectivity index (χ1) is 14.9. The minimum absolute atomic E-state index is 0.00468. The van der Waals surface area contributed by atoms with Crippen molar-refractivity contribution < 1.29 is 20.1 Å². The minimum Gasteiger partial charge on any atom is -0.481 e. The zero-order valence-electron chi connectivity index (χ0n) is 20.8. The molecule has 4 heteroatoms. The van der Waals surface area contributed by atoms with Crippen LogP contribution in [-0.4, -0.2) is 33.5 Å². The van der Waals surface area contributed by atoms with Gasteiger partial charge in [-0.2, -0.15) is 0 Å². The van der Waals surface area contributed by atoms with E-state index in [-0.39, 0.29) is 33.7 Å². The van der Waals surface area contributed by atoms with Crippen molar-refractivity contribution in [1.29, 1.82) is 0 Å². The van der Waals surface area contributed by atoms with E-state index in [1.165, 1.54) is 6.42 Å². The predicted molar refractivity (Wildman–Crippen MR) is 125 cm³/mol. The molecule has 4 nitrogen and oxygen atoms in total. The number of aliphatic hydroxyl groups is 2. The Labute approximate surface area is 193 Å². The predicted octanol–water partition coefficient (Wildman–Crippen LogP) is 5.57. The van der Waals surface area contributed by atoms with Crippen molar-refractivity contribution in [3.05, 3.63) is 11.6 Å². The Morgan fingerprint density at radius 2 is 1.56 bits per heavy atom. The number of fused-ring (bicyclic) bond motifs is 7. The second-order valence-corrected chi connectivity index (χ2v) is 13.4. The molecule has 5 aliphatic rings. The van der Waals surface area contributed by atoms with Gasteiger partial charge in [0.15, 0.2) is 0 Å². The summed E-state index contributed by atoms with van der Waals surface area (Å²) in [5.41, 5.74) is 0.733. The number of carbonyl (C=O) groups is 1. The summed E-state index contributed by atoms with van der Waals surface area (Å²) in [6, 6.07) is 0. The number of rotatable bonds is 1. The van der Waals surface area contributed by atoms with Crippen LogP contribution < -0.4 is 0 Å². The van der Waals surface area contributed by atoms with Crippen LogP contribution in [0.1, 0.15) is 98.8 Å². The van der Waals surface area contributed by atoms with E-state index in [2.05, 4.69) is 33.8 Å². The molecule has 0 aliphatic heterocycles. The van der Waals surface area contributed by atoms with Gasteiger partial charge in [-0.1, -0.05) is 45.8 Å². The minimum atomic E-state index is -1.06. The SMILES string of the molecule is CC12CCC3(C)C(=CCC4C5(C)CCC(O)C(C)(C(=O)O)C5CCC43C)C1CCCC2O. The lowest BCUT2D eigenvalue weighted by Gasteiger charge is -2.71. The monoisotopic (exact) mass is 444 g/mol. The van der Waals surface area contributed by atoms with Crippen LogP contribution in [0.25, 0.3) is 0 Å². The van der Waals surface area contributed by atoms with Crippen molar-refractivity contribution in [3.63, 3.8) is 0 Å². The third kappa shape index (κ3) is 2.49.